The lowest BCUT2D eigenvalue weighted by molar-refractivity contribution is 0.260. The summed E-state index contributed by atoms with van der Waals surface area (Å²) in [6, 6.07) is 10.5. The molecule has 2 heterocycles. The van der Waals surface area contributed by atoms with Crippen molar-refractivity contribution in [1.29, 1.82) is 0 Å². The lowest BCUT2D eigenvalue weighted by Crippen LogP contribution is -2.25. The Kier molecular flexibility index (Phi) is 4.42. The molecule has 0 unspecified atom stereocenters. The van der Waals surface area contributed by atoms with Gasteiger partial charge in [0.2, 0.25) is 0 Å². The molecule has 0 fully saturated rings. The average molecular weight is 241 g/mol. The first kappa shape index (κ1) is 12.7. The van der Waals surface area contributed by atoms with Gasteiger partial charge in [0.15, 0.2) is 0 Å². The maximum atomic E-state index is 4.40. The van der Waals surface area contributed by atoms with Gasteiger partial charge in [-0.25, -0.2) is 0 Å². The Morgan fingerprint density at radius 1 is 1.11 bits per heavy atom. The van der Waals surface area contributed by atoms with Crippen LogP contribution in [0.15, 0.2) is 48.9 Å². The summed E-state index contributed by atoms with van der Waals surface area (Å²) >= 11 is 0. The molecule has 3 heteroatoms. The second-order valence-electron chi connectivity index (χ2n) is 4.52. The summed E-state index contributed by atoms with van der Waals surface area (Å²) < 4.78 is 0. The molecule has 0 aromatic carbocycles. The third kappa shape index (κ3) is 3.37. The highest BCUT2D eigenvalue weighted by Gasteiger charge is 2.11. The van der Waals surface area contributed by atoms with Crippen LogP contribution in [0, 0.1) is 0 Å². The molecule has 2 aromatic rings. The van der Waals surface area contributed by atoms with Crippen molar-refractivity contribution >= 4 is 0 Å². The minimum Gasteiger partial charge on any atom is -0.298 e. The molecule has 0 radical (unpaired) electrons. The van der Waals surface area contributed by atoms with Crippen LogP contribution in [0.4, 0.5) is 0 Å². The van der Waals surface area contributed by atoms with Crippen molar-refractivity contribution in [3.63, 3.8) is 0 Å². The van der Waals surface area contributed by atoms with E-state index in [9.17, 15) is 0 Å². The first-order chi connectivity index (χ1) is 8.77. The monoisotopic (exact) mass is 241 g/mol. The van der Waals surface area contributed by atoms with E-state index >= 15 is 0 Å². The van der Waals surface area contributed by atoms with E-state index in [1.54, 1.807) is 0 Å². The van der Waals surface area contributed by atoms with Gasteiger partial charge in [-0.15, -0.1) is 0 Å². The summed E-state index contributed by atoms with van der Waals surface area (Å²) in [5, 5.41) is 0. The van der Waals surface area contributed by atoms with Gasteiger partial charge in [-0.3, -0.25) is 14.9 Å². The van der Waals surface area contributed by atoms with Crippen molar-refractivity contribution in [3.05, 3.63) is 60.2 Å². The van der Waals surface area contributed by atoms with E-state index in [1.807, 2.05) is 30.7 Å². The molecule has 0 aliphatic rings. The molecule has 3 nitrogen and oxygen atoms in total. The van der Waals surface area contributed by atoms with Crippen LogP contribution in [0.2, 0.25) is 0 Å². The largest absolute Gasteiger partial charge is 0.298 e. The number of pyridine rings is 2. The number of nitrogens with zero attached hydrogens (tertiary/aromatic N) is 3. The van der Waals surface area contributed by atoms with Crippen molar-refractivity contribution in [3.8, 4) is 0 Å². The number of hydrogen-bond acceptors (Lipinski definition) is 3. The van der Waals surface area contributed by atoms with Crippen molar-refractivity contribution in [2.45, 2.75) is 19.4 Å². The Balaban J connectivity index is 1.90. The maximum absolute atomic E-state index is 4.40. The Labute approximate surface area is 109 Å². The minimum atomic E-state index is 0.341. The zero-order chi connectivity index (χ0) is 12.8. The summed E-state index contributed by atoms with van der Waals surface area (Å²) in [5.74, 6) is 0. The van der Waals surface area contributed by atoms with Gasteiger partial charge >= 0.3 is 0 Å². The fraction of sp³-hybridized carbons (Fsp3) is 0.333. The Morgan fingerprint density at radius 3 is 2.56 bits per heavy atom. The van der Waals surface area contributed by atoms with E-state index < -0.39 is 0 Å². The second-order valence-corrected chi connectivity index (χ2v) is 4.52. The molecule has 0 N–H and O–H groups in total. The van der Waals surface area contributed by atoms with Crippen molar-refractivity contribution in [1.82, 2.24) is 14.9 Å². The molecule has 0 spiro atoms. The van der Waals surface area contributed by atoms with Gasteiger partial charge in [-0.05, 0) is 50.2 Å². The fourth-order valence-electron chi connectivity index (χ4n) is 1.90. The first-order valence-electron chi connectivity index (χ1n) is 6.27. The summed E-state index contributed by atoms with van der Waals surface area (Å²) in [4.78, 5) is 10.8. The molecule has 0 amide bonds. The van der Waals surface area contributed by atoms with E-state index in [2.05, 4.69) is 47.0 Å². The van der Waals surface area contributed by atoms with Gasteiger partial charge in [-0.2, -0.15) is 0 Å². The van der Waals surface area contributed by atoms with Gasteiger partial charge in [0.1, 0.15) is 0 Å². The number of aromatic nitrogens is 2. The van der Waals surface area contributed by atoms with Crippen LogP contribution in [0.3, 0.4) is 0 Å². The standard InChI is InChI=1S/C15H19N3/c1-13(15-5-3-4-9-17-15)18(2)12-8-14-6-10-16-11-7-14/h3-7,9-11,13H,8,12H2,1-2H3/t13-/m1/s1. The maximum Gasteiger partial charge on any atom is 0.0572 e. The molecule has 0 aliphatic heterocycles. The van der Waals surface area contributed by atoms with Crippen LogP contribution in [-0.2, 0) is 6.42 Å². The molecule has 0 saturated carbocycles. The smallest absolute Gasteiger partial charge is 0.0572 e. The molecule has 94 valence electrons. The highest BCUT2D eigenvalue weighted by atomic mass is 15.1. The predicted molar refractivity (Wildman–Crippen MR) is 73.2 cm³/mol. The van der Waals surface area contributed by atoms with Gasteiger partial charge in [0.05, 0.1) is 5.69 Å². The van der Waals surface area contributed by atoms with E-state index in [1.165, 1.54) is 5.56 Å². The topological polar surface area (TPSA) is 29.0 Å². The molecule has 2 aromatic heterocycles. The summed E-state index contributed by atoms with van der Waals surface area (Å²) in [6.45, 7) is 3.20. The molecule has 18 heavy (non-hydrogen) atoms. The average Bonchev–Trinajstić information content (AvgIpc) is 2.46. The van der Waals surface area contributed by atoms with Crippen molar-refractivity contribution in [2.24, 2.45) is 0 Å². The first-order valence-corrected chi connectivity index (χ1v) is 6.27. The highest BCUT2D eigenvalue weighted by Crippen LogP contribution is 2.15. The third-order valence-corrected chi connectivity index (χ3v) is 3.28. The van der Waals surface area contributed by atoms with Crippen LogP contribution in [0.5, 0.6) is 0 Å². The van der Waals surface area contributed by atoms with Crippen LogP contribution in [-0.4, -0.2) is 28.5 Å². The normalized spacial score (nSPS) is 12.6. The van der Waals surface area contributed by atoms with Crippen molar-refractivity contribution < 1.29 is 0 Å². The summed E-state index contributed by atoms with van der Waals surface area (Å²) in [6.07, 6.45) is 6.58. The Morgan fingerprint density at radius 2 is 1.89 bits per heavy atom. The number of hydrogen-bond donors (Lipinski definition) is 0. The van der Waals surface area contributed by atoms with E-state index in [-0.39, 0.29) is 0 Å². The highest BCUT2D eigenvalue weighted by molar-refractivity contribution is 5.11. The molecule has 2 rings (SSSR count). The van der Waals surface area contributed by atoms with Crippen LogP contribution >= 0.6 is 0 Å². The molecule has 0 aliphatic carbocycles. The number of rotatable bonds is 5. The summed E-state index contributed by atoms with van der Waals surface area (Å²) in [7, 11) is 2.14. The van der Waals surface area contributed by atoms with E-state index in [0.29, 0.717) is 6.04 Å². The van der Waals surface area contributed by atoms with Gasteiger partial charge in [-0.1, -0.05) is 6.07 Å². The van der Waals surface area contributed by atoms with Gasteiger partial charge in [0, 0.05) is 31.2 Å². The Bertz CT molecular complexity index is 456. The molecule has 0 bridgehead atoms. The molecular formula is C15H19N3. The molecule has 1 atom stereocenters. The number of likely N-dealkylation sites (N-methyl/N-ethyl adjacent to an activating group) is 1. The zero-order valence-corrected chi connectivity index (χ0v) is 11.0. The SMILES string of the molecule is C[C@H](c1ccccn1)N(C)CCc1ccncc1. The lowest BCUT2D eigenvalue weighted by atomic mass is 10.1. The van der Waals surface area contributed by atoms with Crippen LogP contribution < -0.4 is 0 Å². The fourth-order valence-corrected chi connectivity index (χ4v) is 1.90. The molecule has 0 saturated heterocycles. The quantitative estimate of drug-likeness (QED) is 0.806. The second kappa shape index (κ2) is 6.26. The minimum absolute atomic E-state index is 0.341. The van der Waals surface area contributed by atoms with Crippen molar-refractivity contribution in [2.75, 3.05) is 13.6 Å². The van der Waals surface area contributed by atoms with Gasteiger partial charge in [0.25, 0.3) is 0 Å². The van der Waals surface area contributed by atoms with Gasteiger partial charge < -0.3 is 0 Å². The third-order valence-electron chi connectivity index (χ3n) is 3.28. The predicted octanol–water partition coefficient (Wildman–Crippen LogP) is 2.71. The lowest BCUT2D eigenvalue weighted by Gasteiger charge is -2.24. The zero-order valence-electron chi connectivity index (χ0n) is 11.0. The van der Waals surface area contributed by atoms with E-state index in [4.69, 9.17) is 0 Å². The Hall–Kier alpha value is -1.74. The summed E-state index contributed by atoms with van der Waals surface area (Å²) in [5.41, 5.74) is 2.44. The van der Waals surface area contributed by atoms with E-state index in [0.717, 1.165) is 18.7 Å². The molecular weight excluding hydrogens is 222 g/mol. The van der Waals surface area contributed by atoms with Crippen LogP contribution in [0.25, 0.3) is 0 Å². The van der Waals surface area contributed by atoms with Crippen LogP contribution in [0.1, 0.15) is 24.2 Å².